The van der Waals surface area contributed by atoms with Crippen molar-refractivity contribution in [2.75, 3.05) is 26.0 Å². The minimum Gasteiger partial charge on any atom is -0.360 e. The van der Waals surface area contributed by atoms with E-state index in [-0.39, 0.29) is 18.0 Å². The van der Waals surface area contributed by atoms with E-state index in [0.717, 1.165) is 0 Å². The van der Waals surface area contributed by atoms with Crippen molar-refractivity contribution < 1.29 is 4.79 Å². The van der Waals surface area contributed by atoms with Crippen LogP contribution >= 0.6 is 0 Å². The van der Waals surface area contributed by atoms with Crippen molar-refractivity contribution in [3.63, 3.8) is 0 Å². The molecule has 1 aromatic heterocycles. The third-order valence-electron chi connectivity index (χ3n) is 1.60. The van der Waals surface area contributed by atoms with Gasteiger partial charge in [0.1, 0.15) is 5.82 Å². The predicted octanol–water partition coefficient (Wildman–Crippen LogP) is -0.730. The first-order chi connectivity index (χ1) is 6.59. The number of amides is 1. The third-order valence-corrected chi connectivity index (χ3v) is 1.60. The lowest BCUT2D eigenvalue weighted by molar-refractivity contribution is -0.126. The lowest BCUT2D eigenvalue weighted by Gasteiger charge is -2.10. The number of likely N-dealkylation sites (N-methyl/N-ethyl adjacent to an activating group) is 1. The molecule has 0 saturated carbocycles. The van der Waals surface area contributed by atoms with Gasteiger partial charge >= 0.3 is 0 Å². The highest BCUT2D eigenvalue weighted by molar-refractivity contribution is 5.79. The summed E-state index contributed by atoms with van der Waals surface area (Å²) in [5.74, 6) is 0.415. The Balaban J connectivity index is 2.50. The molecule has 1 amide bonds. The van der Waals surface area contributed by atoms with E-state index in [0.29, 0.717) is 5.82 Å². The number of carbonyl (C=O) groups is 1. The minimum atomic E-state index is -0.269. The van der Waals surface area contributed by atoms with Crippen molar-refractivity contribution in [1.82, 2.24) is 15.1 Å². The molecule has 0 aromatic carbocycles. The van der Waals surface area contributed by atoms with Gasteiger partial charge in [0.2, 0.25) is 5.91 Å². The fraction of sp³-hybridized carbons (Fsp3) is 0.375. The molecule has 0 aliphatic rings. The number of H-pyrrole nitrogens is 1. The largest absolute Gasteiger partial charge is 0.360 e. The van der Waals surface area contributed by atoms with Gasteiger partial charge in [-0.3, -0.25) is 9.59 Å². The molecule has 0 bridgehead atoms. The Kier molecular flexibility index (Phi) is 3.22. The van der Waals surface area contributed by atoms with Gasteiger partial charge in [-0.15, -0.1) is 0 Å². The van der Waals surface area contributed by atoms with Crippen LogP contribution in [0.4, 0.5) is 5.82 Å². The first-order valence-corrected chi connectivity index (χ1v) is 4.09. The summed E-state index contributed by atoms with van der Waals surface area (Å²) >= 11 is 0. The second-order valence-corrected chi connectivity index (χ2v) is 2.95. The van der Waals surface area contributed by atoms with Crippen molar-refractivity contribution in [1.29, 1.82) is 0 Å². The SMILES string of the molecule is CN(C)C(=O)CNc1ccc(=O)[nH]n1. The van der Waals surface area contributed by atoms with Gasteiger partial charge in [0, 0.05) is 20.2 Å². The van der Waals surface area contributed by atoms with Crippen LogP contribution in [0.5, 0.6) is 0 Å². The van der Waals surface area contributed by atoms with E-state index in [1.165, 1.54) is 17.0 Å². The fourth-order valence-corrected chi connectivity index (χ4v) is 0.767. The maximum Gasteiger partial charge on any atom is 0.264 e. The molecule has 0 unspecified atom stereocenters. The quantitative estimate of drug-likeness (QED) is 0.668. The van der Waals surface area contributed by atoms with Gasteiger partial charge in [-0.1, -0.05) is 0 Å². The van der Waals surface area contributed by atoms with Gasteiger partial charge < -0.3 is 10.2 Å². The van der Waals surface area contributed by atoms with Crippen molar-refractivity contribution in [3.8, 4) is 0 Å². The van der Waals surface area contributed by atoms with Crippen LogP contribution in [0.1, 0.15) is 0 Å². The minimum absolute atomic E-state index is 0.0574. The molecule has 6 nitrogen and oxygen atoms in total. The van der Waals surface area contributed by atoms with E-state index in [2.05, 4.69) is 15.5 Å². The molecule has 0 aliphatic carbocycles. The Morgan fingerprint density at radius 2 is 2.29 bits per heavy atom. The zero-order valence-corrected chi connectivity index (χ0v) is 8.07. The number of anilines is 1. The van der Waals surface area contributed by atoms with E-state index in [1.54, 1.807) is 14.1 Å². The molecule has 0 radical (unpaired) electrons. The molecule has 2 N–H and O–H groups in total. The Labute approximate surface area is 80.9 Å². The summed E-state index contributed by atoms with van der Waals surface area (Å²) in [4.78, 5) is 23.3. The summed E-state index contributed by atoms with van der Waals surface area (Å²) in [6.45, 7) is 0.159. The highest BCUT2D eigenvalue weighted by Crippen LogP contribution is 1.94. The first-order valence-electron chi connectivity index (χ1n) is 4.09. The zero-order chi connectivity index (χ0) is 10.6. The van der Waals surface area contributed by atoms with Gasteiger partial charge in [0.15, 0.2) is 0 Å². The molecule has 76 valence electrons. The number of hydrogen-bond donors (Lipinski definition) is 2. The number of carbonyl (C=O) groups excluding carboxylic acids is 1. The predicted molar refractivity (Wildman–Crippen MR) is 52.0 cm³/mol. The second kappa shape index (κ2) is 4.40. The average Bonchev–Trinajstić information content (AvgIpc) is 2.16. The third kappa shape index (κ3) is 2.89. The fourth-order valence-electron chi connectivity index (χ4n) is 0.767. The number of rotatable bonds is 3. The Bertz CT molecular complexity index is 351. The normalized spacial score (nSPS) is 9.57. The molecule has 0 atom stereocenters. The van der Waals surface area contributed by atoms with E-state index in [9.17, 15) is 9.59 Å². The van der Waals surface area contributed by atoms with Crippen molar-refractivity contribution in [3.05, 3.63) is 22.5 Å². The van der Waals surface area contributed by atoms with Crippen molar-refractivity contribution in [2.24, 2.45) is 0 Å². The zero-order valence-electron chi connectivity index (χ0n) is 8.07. The van der Waals surface area contributed by atoms with E-state index < -0.39 is 0 Å². The molecule has 1 rings (SSSR count). The maximum absolute atomic E-state index is 11.1. The van der Waals surface area contributed by atoms with Gasteiger partial charge in [-0.2, -0.15) is 5.10 Å². The van der Waals surface area contributed by atoms with Crippen LogP contribution in [-0.4, -0.2) is 41.6 Å². The number of nitrogens with one attached hydrogen (secondary N) is 2. The van der Waals surface area contributed by atoms with Crippen LogP contribution in [0, 0.1) is 0 Å². The molecule has 0 saturated heterocycles. The number of nitrogens with zero attached hydrogens (tertiary/aromatic N) is 2. The molecule has 0 fully saturated rings. The monoisotopic (exact) mass is 196 g/mol. The van der Waals surface area contributed by atoms with Gasteiger partial charge in [-0.05, 0) is 6.07 Å². The average molecular weight is 196 g/mol. The summed E-state index contributed by atoms with van der Waals surface area (Å²) in [6, 6.07) is 2.86. The summed E-state index contributed by atoms with van der Waals surface area (Å²) in [5, 5.41) is 8.73. The molecule has 6 heteroatoms. The Morgan fingerprint density at radius 3 is 2.79 bits per heavy atom. The molecular formula is C8H12N4O2. The van der Waals surface area contributed by atoms with E-state index in [4.69, 9.17) is 0 Å². The van der Waals surface area contributed by atoms with Crippen LogP contribution in [0.25, 0.3) is 0 Å². The van der Waals surface area contributed by atoms with Crippen LogP contribution < -0.4 is 10.9 Å². The van der Waals surface area contributed by atoms with Crippen molar-refractivity contribution >= 4 is 11.7 Å². The van der Waals surface area contributed by atoms with Crippen LogP contribution in [-0.2, 0) is 4.79 Å². The summed E-state index contributed by atoms with van der Waals surface area (Å²) < 4.78 is 0. The molecule has 0 aliphatic heterocycles. The number of aromatic amines is 1. The summed E-state index contributed by atoms with van der Waals surface area (Å²) in [7, 11) is 3.34. The molecule has 1 heterocycles. The Hall–Kier alpha value is -1.85. The molecule has 14 heavy (non-hydrogen) atoms. The first kappa shape index (κ1) is 10.2. The topological polar surface area (TPSA) is 78.1 Å². The number of aromatic nitrogens is 2. The van der Waals surface area contributed by atoms with Crippen molar-refractivity contribution in [2.45, 2.75) is 0 Å². The van der Waals surface area contributed by atoms with Crippen LogP contribution in [0.15, 0.2) is 16.9 Å². The lowest BCUT2D eigenvalue weighted by Crippen LogP contribution is -2.29. The highest BCUT2D eigenvalue weighted by atomic mass is 16.2. The van der Waals surface area contributed by atoms with Gasteiger partial charge in [0.05, 0.1) is 6.54 Å². The van der Waals surface area contributed by atoms with E-state index >= 15 is 0 Å². The Morgan fingerprint density at radius 1 is 1.57 bits per heavy atom. The number of hydrogen-bond acceptors (Lipinski definition) is 4. The smallest absolute Gasteiger partial charge is 0.264 e. The van der Waals surface area contributed by atoms with Gasteiger partial charge in [0.25, 0.3) is 5.56 Å². The maximum atomic E-state index is 11.1. The van der Waals surface area contributed by atoms with Gasteiger partial charge in [-0.25, -0.2) is 5.10 Å². The summed E-state index contributed by atoms with van der Waals surface area (Å²) in [6.07, 6.45) is 0. The van der Waals surface area contributed by atoms with Crippen LogP contribution in [0.2, 0.25) is 0 Å². The van der Waals surface area contributed by atoms with E-state index in [1.807, 2.05) is 0 Å². The lowest BCUT2D eigenvalue weighted by atomic mass is 10.5. The molecule has 0 spiro atoms. The second-order valence-electron chi connectivity index (χ2n) is 2.95. The highest BCUT2D eigenvalue weighted by Gasteiger charge is 2.03. The summed E-state index contributed by atoms with van der Waals surface area (Å²) in [5.41, 5.74) is -0.269. The molecule has 1 aromatic rings. The molecular weight excluding hydrogens is 184 g/mol. The standard InChI is InChI=1S/C8H12N4O2/c1-12(2)8(14)5-9-6-3-4-7(13)11-10-6/h3-4H,5H2,1-2H3,(H,9,10)(H,11,13). The van der Waals surface area contributed by atoms with Crippen LogP contribution in [0.3, 0.4) is 0 Å².